The van der Waals surface area contributed by atoms with Crippen molar-refractivity contribution in [3.8, 4) is 0 Å². The summed E-state index contributed by atoms with van der Waals surface area (Å²) in [7, 11) is 0. The third-order valence-electron chi connectivity index (χ3n) is 6.69. The molecule has 0 aliphatic carbocycles. The van der Waals surface area contributed by atoms with Crippen LogP contribution in [0.15, 0.2) is 48.8 Å². The lowest BCUT2D eigenvalue weighted by Crippen LogP contribution is -2.39. The number of hydrogen-bond donors (Lipinski definition) is 0. The first-order valence-corrected chi connectivity index (χ1v) is 10.8. The lowest BCUT2D eigenvalue weighted by Gasteiger charge is -2.28. The van der Waals surface area contributed by atoms with Crippen molar-refractivity contribution in [1.29, 1.82) is 0 Å². The molecule has 2 aromatic carbocycles. The van der Waals surface area contributed by atoms with Crippen molar-refractivity contribution in [1.82, 2.24) is 19.4 Å². The number of aromatic nitrogens is 2. The second-order valence-corrected chi connectivity index (χ2v) is 8.73. The van der Waals surface area contributed by atoms with Crippen molar-refractivity contribution >= 4 is 11.0 Å². The van der Waals surface area contributed by atoms with Gasteiger partial charge in [0.2, 0.25) is 0 Å². The number of likely N-dealkylation sites (tertiary alicyclic amines) is 2. The van der Waals surface area contributed by atoms with Crippen LogP contribution < -0.4 is 0 Å². The number of benzene rings is 2. The van der Waals surface area contributed by atoms with Gasteiger partial charge in [-0.15, -0.1) is 0 Å². The summed E-state index contributed by atoms with van der Waals surface area (Å²) >= 11 is 0. The molecule has 2 aliphatic heterocycles. The van der Waals surface area contributed by atoms with Crippen LogP contribution in [0.5, 0.6) is 0 Å². The number of rotatable bonds is 5. The molecule has 5 heteroatoms. The van der Waals surface area contributed by atoms with Crippen LogP contribution in [-0.4, -0.2) is 51.1 Å². The third kappa shape index (κ3) is 3.94. The third-order valence-corrected chi connectivity index (χ3v) is 6.69. The molecule has 1 unspecified atom stereocenters. The Morgan fingerprint density at radius 3 is 2.55 bits per heavy atom. The van der Waals surface area contributed by atoms with Crippen LogP contribution >= 0.6 is 0 Å². The van der Waals surface area contributed by atoms with E-state index in [2.05, 4.69) is 50.5 Å². The van der Waals surface area contributed by atoms with Crippen LogP contribution in [-0.2, 0) is 13.1 Å². The van der Waals surface area contributed by atoms with Crippen LogP contribution in [0.1, 0.15) is 37.3 Å². The van der Waals surface area contributed by atoms with Gasteiger partial charge in [0, 0.05) is 44.3 Å². The summed E-state index contributed by atoms with van der Waals surface area (Å²) in [5.41, 5.74) is 4.29. The first-order valence-electron chi connectivity index (χ1n) is 10.8. The fraction of sp³-hybridized carbons (Fsp3) is 0.458. The standard InChI is InChI=1S/C24H29FN4/c1-18-3-2-11-29(18)22-10-12-27(16-22)14-19-4-6-20(7-5-19)15-28-17-26-23-13-21(25)8-9-24(23)28/h4-9,13,17-18,22H,2-3,10-12,14-16H2,1H3/t18-,22?/m1/s1. The highest BCUT2D eigenvalue weighted by Crippen LogP contribution is 2.26. The molecule has 0 N–H and O–H groups in total. The Labute approximate surface area is 171 Å². The molecule has 0 bridgehead atoms. The maximum Gasteiger partial charge on any atom is 0.125 e. The highest BCUT2D eigenvalue weighted by Gasteiger charge is 2.32. The summed E-state index contributed by atoms with van der Waals surface area (Å²) in [5.74, 6) is -0.240. The molecule has 2 atom stereocenters. The zero-order valence-electron chi connectivity index (χ0n) is 17.1. The number of nitrogens with zero attached hydrogens (tertiary/aromatic N) is 4. The predicted molar refractivity (Wildman–Crippen MR) is 114 cm³/mol. The second-order valence-electron chi connectivity index (χ2n) is 8.73. The van der Waals surface area contributed by atoms with Gasteiger partial charge in [-0.05, 0) is 56.0 Å². The van der Waals surface area contributed by atoms with Crippen molar-refractivity contribution in [2.24, 2.45) is 0 Å². The monoisotopic (exact) mass is 392 g/mol. The van der Waals surface area contributed by atoms with E-state index in [9.17, 15) is 4.39 Å². The normalized spacial score (nSPS) is 23.4. The van der Waals surface area contributed by atoms with Gasteiger partial charge in [-0.2, -0.15) is 0 Å². The van der Waals surface area contributed by atoms with E-state index in [4.69, 9.17) is 0 Å². The Morgan fingerprint density at radius 2 is 1.79 bits per heavy atom. The van der Waals surface area contributed by atoms with E-state index < -0.39 is 0 Å². The van der Waals surface area contributed by atoms with Gasteiger partial charge in [-0.25, -0.2) is 9.37 Å². The Bertz CT molecular complexity index is 980. The maximum atomic E-state index is 13.4. The Hall–Kier alpha value is -2.24. The second kappa shape index (κ2) is 7.88. The van der Waals surface area contributed by atoms with Crippen molar-refractivity contribution in [3.63, 3.8) is 0 Å². The molecule has 5 rings (SSSR count). The molecule has 4 nitrogen and oxygen atoms in total. The van der Waals surface area contributed by atoms with Crippen LogP contribution in [0.25, 0.3) is 11.0 Å². The van der Waals surface area contributed by atoms with Gasteiger partial charge < -0.3 is 4.57 Å². The van der Waals surface area contributed by atoms with Gasteiger partial charge in [0.05, 0.1) is 17.4 Å². The van der Waals surface area contributed by atoms with Crippen molar-refractivity contribution < 1.29 is 4.39 Å². The van der Waals surface area contributed by atoms with Gasteiger partial charge in [-0.3, -0.25) is 9.80 Å². The minimum Gasteiger partial charge on any atom is -0.326 e. The molecule has 0 spiro atoms. The fourth-order valence-corrected chi connectivity index (χ4v) is 5.09. The summed E-state index contributed by atoms with van der Waals surface area (Å²) in [4.78, 5) is 9.65. The van der Waals surface area contributed by atoms with E-state index in [0.717, 1.165) is 30.7 Å². The van der Waals surface area contributed by atoms with Gasteiger partial charge in [0.1, 0.15) is 5.82 Å². The SMILES string of the molecule is C[C@@H]1CCCN1C1CCN(Cc2ccc(Cn3cnc4cc(F)ccc43)cc2)C1. The zero-order chi connectivity index (χ0) is 19.8. The number of halogens is 1. The summed E-state index contributed by atoms with van der Waals surface area (Å²) in [6, 6.07) is 15.2. The van der Waals surface area contributed by atoms with Gasteiger partial charge in [0.25, 0.3) is 0 Å². The zero-order valence-corrected chi connectivity index (χ0v) is 17.1. The lowest BCUT2D eigenvalue weighted by molar-refractivity contribution is 0.185. The highest BCUT2D eigenvalue weighted by molar-refractivity contribution is 5.75. The van der Waals surface area contributed by atoms with Crippen molar-refractivity contribution in [3.05, 3.63) is 65.7 Å². The summed E-state index contributed by atoms with van der Waals surface area (Å²) in [5, 5.41) is 0. The molecule has 0 amide bonds. The van der Waals surface area contributed by atoms with Gasteiger partial charge >= 0.3 is 0 Å². The molecule has 0 radical (unpaired) electrons. The molecule has 2 fully saturated rings. The van der Waals surface area contributed by atoms with E-state index >= 15 is 0 Å². The molecule has 1 aromatic heterocycles. The van der Waals surface area contributed by atoms with Crippen LogP contribution in [0.3, 0.4) is 0 Å². The quantitative estimate of drug-likeness (QED) is 0.648. The van der Waals surface area contributed by atoms with E-state index in [-0.39, 0.29) is 5.82 Å². The number of fused-ring (bicyclic) bond motifs is 1. The molecule has 29 heavy (non-hydrogen) atoms. The van der Waals surface area contributed by atoms with Crippen molar-refractivity contribution in [2.45, 2.75) is 51.4 Å². The highest BCUT2D eigenvalue weighted by atomic mass is 19.1. The first kappa shape index (κ1) is 18.8. The molecular weight excluding hydrogens is 363 g/mol. The average Bonchev–Trinajstić information content (AvgIpc) is 3.44. The maximum absolute atomic E-state index is 13.4. The van der Waals surface area contributed by atoms with E-state index in [1.54, 1.807) is 12.4 Å². The Kier molecular flexibility index (Phi) is 5.10. The largest absolute Gasteiger partial charge is 0.326 e. The van der Waals surface area contributed by atoms with Crippen LogP contribution in [0.4, 0.5) is 4.39 Å². The summed E-state index contributed by atoms with van der Waals surface area (Å²) in [6.07, 6.45) is 5.82. The molecule has 2 aliphatic rings. The smallest absolute Gasteiger partial charge is 0.125 e. The number of hydrogen-bond acceptors (Lipinski definition) is 3. The Balaban J connectivity index is 1.20. The van der Waals surface area contributed by atoms with E-state index in [0.29, 0.717) is 5.52 Å². The van der Waals surface area contributed by atoms with Gasteiger partial charge in [-0.1, -0.05) is 24.3 Å². The molecular formula is C24H29FN4. The molecule has 0 saturated carbocycles. The minimum atomic E-state index is -0.240. The van der Waals surface area contributed by atoms with E-state index in [1.165, 1.54) is 62.2 Å². The lowest BCUT2D eigenvalue weighted by atomic mass is 10.1. The Morgan fingerprint density at radius 1 is 1.00 bits per heavy atom. The molecule has 3 heterocycles. The van der Waals surface area contributed by atoms with Crippen LogP contribution in [0, 0.1) is 5.82 Å². The minimum absolute atomic E-state index is 0.240. The molecule has 2 saturated heterocycles. The molecule has 3 aromatic rings. The van der Waals surface area contributed by atoms with Crippen molar-refractivity contribution in [2.75, 3.05) is 19.6 Å². The van der Waals surface area contributed by atoms with E-state index in [1.807, 2.05) is 0 Å². The molecule has 152 valence electrons. The summed E-state index contributed by atoms with van der Waals surface area (Å²) in [6.45, 7) is 7.85. The van der Waals surface area contributed by atoms with Gasteiger partial charge in [0.15, 0.2) is 0 Å². The fourth-order valence-electron chi connectivity index (χ4n) is 5.09. The topological polar surface area (TPSA) is 24.3 Å². The summed E-state index contributed by atoms with van der Waals surface area (Å²) < 4.78 is 15.4. The average molecular weight is 393 g/mol. The number of imidazole rings is 1. The predicted octanol–water partition coefficient (Wildman–Crippen LogP) is 4.28. The first-order chi connectivity index (χ1) is 14.2. The van der Waals surface area contributed by atoms with Crippen LogP contribution in [0.2, 0.25) is 0 Å².